The molecule has 1 saturated carbocycles. The van der Waals surface area contributed by atoms with Gasteiger partial charge in [-0.05, 0) is 30.7 Å². The summed E-state index contributed by atoms with van der Waals surface area (Å²) >= 11 is 5.96. The minimum absolute atomic E-state index is 0.394. The molecule has 1 atom stereocenters. The Morgan fingerprint density at radius 3 is 3.06 bits per heavy atom. The van der Waals surface area contributed by atoms with Crippen LogP contribution in [0.1, 0.15) is 43.4 Å². The molecular weight excluding hydrogens is 222 g/mol. The summed E-state index contributed by atoms with van der Waals surface area (Å²) < 4.78 is 1.97. The molecule has 0 aliphatic heterocycles. The number of aromatic nitrogens is 3. The van der Waals surface area contributed by atoms with Crippen LogP contribution in [0.4, 0.5) is 0 Å². The fourth-order valence-corrected chi connectivity index (χ4v) is 3.37. The first-order chi connectivity index (χ1) is 7.70. The fourth-order valence-electron chi connectivity index (χ4n) is 3.19. The molecule has 16 heavy (non-hydrogen) atoms. The van der Waals surface area contributed by atoms with E-state index in [1.54, 1.807) is 0 Å². The molecule has 2 aromatic heterocycles. The molecule has 0 aromatic carbocycles. The first-order valence-electron chi connectivity index (χ1n) is 5.74. The average Bonchev–Trinajstić information content (AvgIpc) is 2.81. The SMILES string of the molecule is CC1CC2(CC2)c2c1cnc1cc(Cl)nn21. The topological polar surface area (TPSA) is 30.2 Å². The zero-order valence-electron chi connectivity index (χ0n) is 9.07. The van der Waals surface area contributed by atoms with Gasteiger partial charge in [-0.3, -0.25) is 0 Å². The Labute approximate surface area is 98.4 Å². The van der Waals surface area contributed by atoms with E-state index in [0.29, 0.717) is 16.5 Å². The third-order valence-corrected chi connectivity index (χ3v) is 4.25. The van der Waals surface area contributed by atoms with Gasteiger partial charge in [0.05, 0.1) is 5.69 Å². The van der Waals surface area contributed by atoms with E-state index in [9.17, 15) is 0 Å². The predicted octanol–water partition coefficient (Wildman–Crippen LogP) is 2.92. The van der Waals surface area contributed by atoms with E-state index < -0.39 is 0 Å². The van der Waals surface area contributed by atoms with Gasteiger partial charge < -0.3 is 0 Å². The lowest BCUT2D eigenvalue weighted by Gasteiger charge is -2.09. The van der Waals surface area contributed by atoms with Gasteiger partial charge in [0.15, 0.2) is 10.8 Å². The van der Waals surface area contributed by atoms with Crippen molar-refractivity contribution in [1.82, 2.24) is 14.6 Å². The summed E-state index contributed by atoms with van der Waals surface area (Å²) in [5.74, 6) is 0.609. The molecule has 2 heterocycles. The zero-order valence-corrected chi connectivity index (χ0v) is 9.83. The molecule has 82 valence electrons. The Balaban J connectivity index is 2.12. The maximum Gasteiger partial charge on any atom is 0.156 e. The van der Waals surface area contributed by atoms with Crippen LogP contribution >= 0.6 is 11.6 Å². The Morgan fingerprint density at radius 1 is 1.50 bits per heavy atom. The van der Waals surface area contributed by atoms with Crippen molar-refractivity contribution in [2.45, 2.75) is 37.5 Å². The van der Waals surface area contributed by atoms with Gasteiger partial charge in [-0.25, -0.2) is 9.50 Å². The summed E-state index contributed by atoms with van der Waals surface area (Å²) in [5.41, 5.74) is 4.01. The van der Waals surface area contributed by atoms with Crippen LogP contribution in [0.25, 0.3) is 5.65 Å². The number of rotatable bonds is 0. The number of hydrogen-bond donors (Lipinski definition) is 0. The maximum absolute atomic E-state index is 5.96. The minimum Gasteiger partial charge on any atom is -0.237 e. The highest BCUT2D eigenvalue weighted by molar-refractivity contribution is 6.29. The van der Waals surface area contributed by atoms with Crippen LogP contribution in [0, 0.1) is 0 Å². The lowest BCUT2D eigenvalue weighted by molar-refractivity contribution is 0.595. The molecule has 1 spiro atoms. The Hall–Kier alpha value is -1.09. The molecule has 0 radical (unpaired) electrons. The van der Waals surface area contributed by atoms with E-state index in [1.165, 1.54) is 30.5 Å². The van der Waals surface area contributed by atoms with Crippen LogP contribution in [-0.4, -0.2) is 14.6 Å². The summed E-state index contributed by atoms with van der Waals surface area (Å²) in [6.45, 7) is 2.28. The quantitative estimate of drug-likeness (QED) is 0.701. The number of halogens is 1. The fraction of sp³-hybridized carbons (Fsp3) is 0.500. The zero-order chi connectivity index (χ0) is 10.9. The summed E-state index contributed by atoms with van der Waals surface area (Å²) in [4.78, 5) is 4.43. The van der Waals surface area contributed by atoms with E-state index >= 15 is 0 Å². The predicted molar refractivity (Wildman–Crippen MR) is 61.9 cm³/mol. The van der Waals surface area contributed by atoms with E-state index in [0.717, 1.165) is 5.65 Å². The van der Waals surface area contributed by atoms with Crippen LogP contribution in [0.2, 0.25) is 5.15 Å². The number of fused-ring (bicyclic) bond motifs is 4. The van der Waals surface area contributed by atoms with Gasteiger partial charge in [-0.15, -0.1) is 0 Å². The monoisotopic (exact) mass is 233 g/mol. The minimum atomic E-state index is 0.394. The van der Waals surface area contributed by atoms with Crippen molar-refractivity contribution >= 4 is 17.2 Å². The normalized spacial score (nSPS) is 25.2. The maximum atomic E-state index is 5.96. The Morgan fingerprint density at radius 2 is 2.31 bits per heavy atom. The first-order valence-corrected chi connectivity index (χ1v) is 6.12. The van der Waals surface area contributed by atoms with E-state index in [2.05, 4.69) is 17.0 Å². The molecular formula is C12H12ClN3. The number of nitrogens with zero attached hydrogens (tertiary/aromatic N) is 3. The van der Waals surface area contributed by atoms with Gasteiger partial charge in [0.1, 0.15) is 0 Å². The largest absolute Gasteiger partial charge is 0.237 e. The molecule has 3 nitrogen and oxygen atoms in total. The standard InChI is InChI=1S/C12H12ClN3/c1-7-5-12(2-3-12)11-8(7)6-14-10-4-9(13)15-16(10)11/h4,6-7H,2-3,5H2,1H3. The average molecular weight is 234 g/mol. The molecule has 0 saturated heterocycles. The molecule has 1 fully saturated rings. The molecule has 2 aliphatic rings. The molecule has 0 N–H and O–H groups in total. The highest BCUT2D eigenvalue weighted by Gasteiger charge is 2.53. The molecule has 0 amide bonds. The summed E-state index contributed by atoms with van der Waals surface area (Å²) in [7, 11) is 0. The van der Waals surface area contributed by atoms with Crippen LogP contribution in [0.5, 0.6) is 0 Å². The van der Waals surface area contributed by atoms with Crippen molar-refractivity contribution in [2.75, 3.05) is 0 Å². The lowest BCUT2D eigenvalue weighted by Crippen LogP contribution is -2.09. The van der Waals surface area contributed by atoms with Crippen molar-refractivity contribution in [3.63, 3.8) is 0 Å². The van der Waals surface area contributed by atoms with Crippen LogP contribution in [0.15, 0.2) is 12.3 Å². The van der Waals surface area contributed by atoms with Crippen LogP contribution in [-0.2, 0) is 5.41 Å². The van der Waals surface area contributed by atoms with Crippen molar-refractivity contribution in [1.29, 1.82) is 0 Å². The lowest BCUT2D eigenvalue weighted by atomic mass is 10.0. The second-order valence-corrected chi connectivity index (χ2v) is 5.57. The van der Waals surface area contributed by atoms with Gasteiger partial charge in [-0.2, -0.15) is 5.10 Å². The van der Waals surface area contributed by atoms with E-state index in [-0.39, 0.29) is 0 Å². The molecule has 2 aliphatic carbocycles. The molecule has 1 unspecified atom stereocenters. The molecule has 2 aromatic rings. The smallest absolute Gasteiger partial charge is 0.156 e. The highest BCUT2D eigenvalue weighted by Crippen LogP contribution is 2.60. The van der Waals surface area contributed by atoms with Crippen LogP contribution in [0.3, 0.4) is 0 Å². The van der Waals surface area contributed by atoms with Gasteiger partial charge in [0.25, 0.3) is 0 Å². The second-order valence-electron chi connectivity index (χ2n) is 5.18. The van der Waals surface area contributed by atoms with Gasteiger partial charge in [0.2, 0.25) is 0 Å². The van der Waals surface area contributed by atoms with Gasteiger partial charge in [0, 0.05) is 17.7 Å². The third-order valence-electron chi connectivity index (χ3n) is 4.07. The van der Waals surface area contributed by atoms with Crippen molar-refractivity contribution in [3.8, 4) is 0 Å². The molecule has 4 rings (SSSR count). The van der Waals surface area contributed by atoms with E-state index in [4.69, 9.17) is 11.6 Å². The number of hydrogen-bond acceptors (Lipinski definition) is 2. The van der Waals surface area contributed by atoms with E-state index in [1.807, 2.05) is 16.8 Å². The molecule has 4 heteroatoms. The third kappa shape index (κ3) is 0.950. The Kier molecular flexibility index (Phi) is 1.46. The van der Waals surface area contributed by atoms with Crippen LogP contribution < -0.4 is 0 Å². The summed E-state index contributed by atoms with van der Waals surface area (Å²) in [6, 6.07) is 1.83. The summed E-state index contributed by atoms with van der Waals surface area (Å²) in [6.07, 6.45) is 5.85. The van der Waals surface area contributed by atoms with Crippen molar-refractivity contribution in [2.24, 2.45) is 0 Å². The van der Waals surface area contributed by atoms with Gasteiger partial charge >= 0.3 is 0 Å². The van der Waals surface area contributed by atoms with Crippen molar-refractivity contribution < 1.29 is 0 Å². The van der Waals surface area contributed by atoms with Gasteiger partial charge in [-0.1, -0.05) is 18.5 Å². The first kappa shape index (κ1) is 8.99. The Bertz CT molecular complexity index is 598. The highest BCUT2D eigenvalue weighted by atomic mass is 35.5. The van der Waals surface area contributed by atoms with Crippen molar-refractivity contribution in [3.05, 3.63) is 28.7 Å². The second kappa shape index (κ2) is 2.59. The molecule has 0 bridgehead atoms. The summed E-state index contributed by atoms with van der Waals surface area (Å²) in [5, 5.41) is 4.91.